The monoisotopic (exact) mass is 255 g/mol. The second-order valence-corrected chi connectivity index (χ2v) is 5.07. The molecule has 0 bridgehead atoms. The Morgan fingerprint density at radius 3 is 2.41 bits per heavy atom. The van der Waals surface area contributed by atoms with Crippen LogP contribution in [0, 0.1) is 11.8 Å². The Morgan fingerprint density at radius 2 is 1.94 bits per heavy atom. The first-order valence-electron chi connectivity index (χ1n) is 5.63. The summed E-state index contributed by atoms with van der Waals surface area (Å²) in [5.74, 6) is -1.23. The maximum Gasteiger partial charge on any atom is 0.311 e. The quantitative estimate of drug-likeness (QED) is 0.811. The van der Waals surface area contributed by atoms with Gasteiger partial charge in [-0.2, -0.15) is 0 Å². The van der Waals surface area contributed by atoms with Crippen LogP contribution in [0.5, 0.6) is 0 Å². The summed E-state index contributed by atoms with van der Waals surface area (Å²) < 4.78 is 0. The number of aliphatic carboxylic acids is 1. The molecule has 2 unspecified atom stereocenters. The van der Waals surface area contributed by atoms with E-state index in [1.165, 1.54) is 0 Å². The van der Waals surface area contributed by atoms with Crippen molar-refractivity contribution in [3.8, 4) is 0 Å². The van der Waals surface area contributed by atoms with E-state index >= 15 is 0 Å². The predicted octanol–water partition coefficient (Wildman–Crippen LogP) is 3.38. The molecular formula is C13H18ClNO2. The molecule has 0 amide bonds. The normalized spacial score (nSPS) is 14.6. The van der Waals surface area contributed by atoms with E-state index in [9.17, 15) is 9.90 Å². The van der Waals surface area contributed by atoms with Crippen molar-refractivity contribution in [3.05, 3.63) is 28.8 Å². The number of rotatable bonds is 4. The highest BCUT2D eigenvalue weighted by Gasteiger charge is 2.30. The zero-order chi connectivity index (χ0) is 13.2. The van der Waals surface area contributed by atoms with Crippen molar-refractivity contribution in [3.63, 3.8) is 0 Å². The summed E-state index contributed by atoms with van der Waals surface area (Å²) in [6.07, 6.45) is 0. The van der Waals surface area contributed by atoms with Crippen LogP contribution >= 0.6 is 11.6 Å². The minimum Gasteiger partial charge on any atom is -0.481 e. The van der Waals surface area contributed by atoms with E-state index in [1.807, 2.05) is 20.8 Å². The number of carboxylic acids is 1. The Kier molecular flexibility index (Phi) is 4.40. The van der Waals surface area contributed by atoms with Gasteiger partial charge in [0.15, 0.2) is 0 Å². The van der Waals surface area contributed by atoms with Crippen LogP contribution in [0.15, 0.2) is 18.2 Å². The van der Waals surface area contributed by atoms with E-state index < -0.39 is 11.9 Å². The third kappa shape index (κ3) is 2.91. The number of benzene rings is 1. The Balaban J connectivity index is 3.24. The Labute approximate surface area is 107 Å². The highest BCUT2D eigenvalue weighted by Crippen LogP contribution is 2.36. The van der Waals surface area contributed by atoms with Crippen LogP contribution in [0.3, 0.4) is 0 Å². The SMILES string of the molecule is CC(C)C(C)C(C(=O)O)c1cccc(Cl)c1N. The number of hydrogen-bond donors (Lipinski definition) is 2. The van der Waals surface area contributed by atoms with E-state index in [-0.39, 0.29) is 11.8 Å². The summed E-state index contributed by atoms with van der Waals surface area (Å²) in [5, 5.41) is 9.77. The molecule has 0 fully saturated rings. The van der Waals surface area contributed by atoms with Crippen molar-refractivity contribution in [2.75, 3.05) is 5.73 Å². The first-order chi connectivity index (χ1) is 7.86. The van der Waals surface area contributed by atoms with Crippen molar-refractivity contribution >= 4 is 23.3 Å². The molecule has 0 aliphatic rings. The molecule has 4 heteroatoms. The van der Waals surface area contributed by atoms with Gasteiger partial charge in [-0.25, -0.2) is 0 Å². The molecule has 3 nitrogen and oxygen atoms in total. The van der Waals surface area contributed by atoms with Crippen molar-refractivity contribution in [1.29, 1.82) is 0 Å². The van der Waals surface area contributed by atoms with Gasteiger partial charge in [0.1, 0.15) is 0 Å². The van der Waals surface area contributed by atoms with Gasteiger partial charge in [-0.1, -0.05) is 44.5 Å². The highest BCUT2D eigenvalue weighted by molar-refractivity contribution is 6.33. The molecule has 17 heavy (non-hydrogen) atoms. The van der Waals surface area contributed by atoms with Crippen LogP contribution in [-0.4, -0.2) is 11.1 Å². The molecule has 0 radical (unpaired) electrons. The van der Waals surface area contributed by atoms with E-state index in [0.29, 0.717) is 16.3 Å². The number of carboxylic acid groups (broad SMARTS) is 1. The zero-order valence-corrected chi connectivity index (χ0v) is 11.0. The van der Waals surface area contributed by atoms with Crippen LogP contribution < -0.4 is 5.73 Å². The fraction of sp³-hybridized carbons (Fsp3) is 0.462. The van der Waals surface area contributed by atoms with Crippen molar-refractivity contribution in [2.24, 2.45) is 11.8 Å². The molecule has 1 aromatic rings. The lowest BCUT2D eigenvalue weighted by Gasteiger charge is -2.25. The number of hydrogen-bond acceptors (Lipinski definition) is 2. The predicted molar refractivity (Wildman–Crippen MR) is 70.2 cm³/mol. The maximum absolute atomic E-state index is 11.4. The van der Waals surface area contributed by atoms with E-state index in [2.05, 4.69) is 0 Å². The maximum atomic E-state index is 11.4. The number of nitrogens with two attached hydrogens (primary N) is 1. The molecule has 0 aliphatic carbocycles. The first kappa shape index (κ1) is 13.8. The third-order valence-corrected chi connectivity index (χ3v) is 3.59. The van der Waals surface area contributed by atoms with Crippen LogP contribution in [-0.2, 0) is 4.79 Å². The minimum absolute atomic E-state index is 0.00623. The topological polar surface area (TPSA) is 63.3 Å². The summed E-state index contributed by atoms with van der Waals surface area (Å²) in [4.78, 5) is 11.4. The van der Waals surface area contributed by atoms with Gasteiger partial charge in [-0.3, -0.25) is 4.79 Å². The van der Waals surface area contributed by atoms with Gasteiger partial charge in [-0.05, 0) is 23.5 Å². The Hall–Kier alpha value is -1.22. The average molecular weight is 256 g/mol. The Bertz CT molecular complexity index is 418. The molecule has 0 aromatic heterocycles. The van der Waals surface area contributed by atoms with Crippen LogP contribution in [0.4, 0.5) is 5.69 Å². The fourth-order valence-electron chi connectivity index (χ4n) is 1.85. The number of halogens is 1. The van der Waals surface area contributed by atoms with E-state index in [4.69, 9.17) is 17.3 Å². The van der Waals surface area contributed by atoms with Gasteiger partial charge < -0.3 is 10.8 Å². The van der Waals surface area contributed by atoms with Crippen molar-refractivity contribution in [2.45, 2.75) is 26.7 Å². The number of anilines is 1. The molecule has 1 rings (SSSR count). The summed E-state index contributed by atoms with van der Waals surface area (Å²) in [6, 6.07) is 5.13. The lowest BCUT2D eigenvalue weighted by molar-refractivity contribution is -0.140. The second kappa shape index (κ2) is 5.41. The van der Waals surface area contributed by atoms with Crippen LogP contribution in [0.1, 0.15) is 32.3 Å². The van der Waals surface area contributed by atoms with E-state index in [0.717, 1.165) is 0 Å². The van der Waals surface area contributed by atoms with Gasteiger partial charge in [-0.15, -0.1) is 0 Å². The number of para-hydroxylation sites is 1. The lowest BCUT2D eigenvalue weighted by atomic mass is 9.80. The summed E-state index contributed by atoms with van der Waals surface area (Å²) >= 11 is 5.93. The summed E-state index contributed by atoms with van der Waals surface area (Å²) in [6.45, 7) is 5.92. The van der Waals surface area contributed by atoms with Crippen LogP contribution in [0.2, 0.25) is 5.02 Å². The van der Waals surface area contributed by atoms with Gasteiger partial charge >= 0.3 is 5.97 Å². The summed E-state index contributed by atoms with van der Waals surface area (Å²) in [7, 11) is 0. The molecule has 94 valence electrons. The van der Waals surface area contributed by atoms with Gasteiger partial charge in [0, 0.05) is 0 Å². The minimum atomic E-state index is -0.861. The lowest BCUT2D eigenvalue weighted by Crippen LogP contribution is -2.24. The molecule has 0 aliphatic heterocycles. The largest absolute Gasteiger partial charge is 0.481 e. The van der Waals surface area contributed by atoms with Crippen LogP contribution in [0.25, 0.3) is 0 Å². The number of carbonyl (C=O) groups is 1. The van der Waals surface area contributed by atoms with Gasteiger partial charge in [0.2, 0.25) is 0 Å². The van der Waals surface area contributed by atoms with Crippen molar-refractivity contribution in [1.82, 2.24) is 0 Å². The molecule has 0 saturated heterocycles. The van der Waals surface area contributed by atoms with Gasteiger partial charge in [0.05, 0.1) is 16.6 Å². The molecule has 1 aromatic carbocycles. The molecule has 0 saturated carbocycles. The Morgan fingerprint density at radius 1 is 1.35 bits per heavy atom. The fourth-order valence-corrected chi connectivity index (χ4v) is 2.03. The first-order valence-corrected chi connectivity index (χ1v) is 6.00. The molecule has 3 N–H and O–H groups in total. The van der Waals surface area contributed by atoms with Gasteiger partial charge in [0.25, 0.3) is 0 Å². The molecule has 0 spiro atoms. The average Bonchev–Trinajstić information content (AvgIpc) is 2.23. The van der Waals surface area contributed by atoms with Crippen molar-refractivity contribution < 1.29 is 9.90 Å². The summed E-state index contributed by atoms with van der Waals surface area (Å²) in [5.41, 5.74) is 6.84. The number of nitrogen functional groups attached to an aromatic ring is 1. The molecular weight excluding hydrogens is 238 g/mol. The molecule has 2 atom stereocenters. The standard InChI is InChI=1S/C13H18ClNO2/c1-7(2)8(3)11(13(16)17)9-5-4-6-10(14)12(9)15/h4-8,11H,15H2,1-3H3,(H,16,17). The zero-order valence-electron chi connectivity index (χ0n) is 10.3. The van der Waals surface area contributed by atoms with E-state index in [1.54, 1.807) is 18.2 Å². The third-order valence-electron chi connectivity index (χ3n) is 3.27. The second-order valence-electron chi connectivity index (χ2n) is 4.66. The molecule has 0 heterocycles. The highest BCUT2D eigenvalue weighted by atomic mass is 35.5. The smallest absolute Gasteiger partial charge is 0.311 e.